The Labute approximate surface area is 150 Å². The second-order valence-electron chi connectivity index (χ2n) is 6.27. The summed E-state index contributed by atoms with van der Waals surface area (Å²) in [6.07, 6.45) is 5.63. The molecule has 4 rings (SSSR count). The smallest absolute Gasteiger partial charge is 0.274 e. The Balaban J connectivity index is 1.65. The van der Waals surface area contributed by atoms with Crippen molar-refractivity contribution in [2.75, 3.05) is 5.32 Å². The summed E-state index contributed by atoms with van der Waals surface area (Å²) in [5.74, 6) is 0.664. The molecule has 2 aromatic heterocycles. The van der Waals surface area contributed by atoms with Crippen molar-refractivity contribution in [1.29, 1.82) is 0 Å². The third-order valence-electron chi connectivity index (χ3n) is 4.47. The van der Waals surface area contributed by atoms with Crippen molar-refractivity contribution in [2.45, 2.75) is 32.2 Å². The van der Waals surface area contributed by atoms with Crippen LogP contribution in [-0.4, -0.2) is 25.7 Å². The predicted molar refractivity (Wildman–Crippen MR) is 95.2 cm³/mol. The van der Waals surface area contributed by atoms with Crippen molar-refractivity contribution in [3.63, 3.8) is 0 Å². The summed E-state index contributed by atoms with van der Waals surface area (Å²) in [5, 5.41) is 11.2. The van der Waals surface area contributed by atoms with Gasteiger partial charge in [0.2, 0.25) is 0 Å². The molecule has 1 N–H and O–H groups in total. The van der Waals surface area contributed by atoms with Crippen molar-refractivity contribution in [3.05, 3.63) is 59.9 Å². The SMILES string of the molecule is O=C(Nc1ccc(F)c(-c2nnc3n2CCCCC3)c1)c1ccccn1. The van der Waals surface area contributed by atoms with Gasteiger partial charge in [0.25, 0.3) is 5.91 Å². The molecule has 7 heteroatoms. The first-order chi connectivity index (χ1) is 12.7. The number of hydrogen-bond donors (Lipinski definition) is 1. The molecule has 26 heavy (non-hydrogen) atoms. The fourth-order valence-electron chi connectivity index (χ4n) is 3.15. The second kappa shape index (κ2) is 7.03. The average Bonchev–Trinajstić information content (AvgIpc) is 2.92. The van der Waals surface area contributed by atoms with Crippen molar-refractivity contribution in [1.82, 2.24) is 19.7 Å². The molecular weight excluding hydrogens is 333 g/mol. The van der Waals surface area contributed by atoms with Crippen LogP contribution < -0.4 is 5.32 Å². The summed E-state index contributed by atoms with van der Waals surface area (Å²) in [7, 11) is 0. The van der Waals surface area contributed by atoms with Gasteiger partial charge in [-0.1, -0.05) is 12.5 Å². The highest BCUT2D eigenvalue weighted by Gasteiger charge is 2.19. The van der Waals surface area contributed by atoms with Crippen molar-refractivity contribution < 1.29 is 9.18 Å². The molecule has 0 fully saturated rings. The topological polar surface area (TPSA) is 72.7 Å². The van der Waals surface area contributed by atoms with Gasteiger partial charge in [-0.05, 0) is 43.2 Å². The summed E-state index contributed by atoms with van der Waals surface area (Å²) in [4.78, 5) is 16.3. The van der Waals surface area contributed by atoms with E-state index in [0.717, 1.165) is 38.1 Å². The van der Waals surface area contributed by atoms with Crippen LogP contribution >= 0.6 is 0 Å². The number of aryl methyl sites for hydroxylation is 1. The minimum absolute atomic E-state index is 0.301. The first-order valence-corrected chi connectivity index (χ1v) is 8.67. The zero-order valence-electron chi connectivity index (χ0n) is 14.2. The number of aromatic nitrogens is 4. The molecule has 0 atom stereocenters. The lowest BCUT2D eigenvalue weighted by atomic mass is 10.1. The fraction of sp³-hybridized carbons (Fsp3) is 0.263. The van der Waals surface area contributed by atoms with E-state index in [2.05, 4.69) is 20.5 Å². The normalized spacial score (nSPS) is 13.7. The van der Waals surface area contributed by atoms with Crippen LogP contribution in [-0.2, 0) is 13.0 Å². The molecule has 132 valence electrons. The van der Waals surface area contributed by atoms with Crippen LogP contribution in [0.15, 0.2) is 42.6 Å². The maximum absolute atomic E-state index is 14.5. The van der Waals surface area contributed by atoms with Gasteiger partial charge in [0.15, 0.2) is 5.82 Å². The lowest BCUT2D eigenvalue weighted by Crippen LogP contribution is -2.13. The molecule has 0 radical (unpaired) electrons. The Bertz CT molecular complexity index is 938. The Morgan fingerprint density at radius 1 is 1.12 bits per heavy atom. The highest BCUT2D eigenvalue weighted by Crippen LogP contribution is 2.27. The van der Waals surface area contributed by atoms with Gasteiger partial charge in [0, 0.05) is 24.8 Å². The molecule has 0 saturated carbocycles. The second-order valence-corrected chi connectivity index (χ2v) is 6.27. The summed E-state index contributed by atoms with van der Waals surface area (Å²) in [6.45, 7) is 0.779. The number of fused-ring (bicyclic) bond motifs is 1. The van der Waals surface area contributed by atoms with E-state index in [1.54, 1.807) is 30.5 Å². The van der Waals surface area contributed by atoms with Gasteiger partial charge in [-0.25, -0.2) is 4.39 Å². The van der Waals surface area contributed by atoms with Gasteiger partial charge in [0.1, 0.15) is 17.3 Å². The van der Waals surface area contributed by atoms with Gasteiger partial charge in [-0.2, -0.15) is 0 Å². The quantitative estimate of drug-likeness (QED) is 0.784. The first-order valence-electron chi connectivity index (χ1n) is 8.67. The van der Waals surface area contributed by atoms with Gasteiger partial charge >= 0.3 is 0 Å². The highest BCUT2D eigenvalue weighted by atomic mass is 19.1. The molecule has 6 nitrogen and oxygen atoms in total. The lowest BCUT2D eigenvalue weighted by molar-refractivity contribution is 0.102. The molecule has 1 aliphatic rings. The van der Waals surface area contributed by atoms with Crippen LogP contribution in [0.5, 0.6) is 0 Å². The number of hydrogen-bond acceptors (Lipinski definition) is 4. The molecular formula is C19H18FN5O. The standard InChI is InChI=1S/C19H18FN5O/c20-15-9-8-13(22-19(26)16-6-3-4-10-21-16)12-14(15)18-24-23-17-7-2-1-5-11-25(17)18/h3-4,6,8-10,12H,1-2,5,7,11H2,(H,22,26). The van der Waals surface area contributed by atoms with Crippen LogP contribution in [0.2, 0.25) is 0 Å². The number of halogens is 1. The largest absolute Gasteiger partial charge is 0.321 e. The van der Waals surface area contributed by atoms with E-state index in [1.807, 2.05) is 4.57 Å². The van der Waals surface area contributed by atoms with Crippen LogP contribution in [0.25, 0.3) is 11.4 Å². The Kier molecular flexibility index (Phi) is 4.43. The minimum atomic E-state index is -0.389. The predicted octanol–water partition coefficient (Wildman–Crippen LogP) is 3.46. The number of amides is 1. The maximum Gasteiger partial charge on any atom is 0.274 e. The van der Waals surface area contributed by atoms with Gasteiger partial charge < -0.3 is 9.88 Å². The van der Waals surface area contributed by atoms with E-state index in [-0.39, 0.29) is 11.7 Å². The molecule has 0 saturated heterocycles. The van der Waals surface area contributed by atoms with Crippen LogP contribution in [0, 0.1) is 5.82 Å². The van der Waals surface area contributed by atoms with Gasteiger partial charge in [-0.3, -0.25) is 9.78 Å². The number of anilines is 1. The molecule has 0 aliphatic carbocycles. The number of rotatable bonds is 3. The number of pyridine rings is 1. The average molecular weight is 351 g/mol. The number of benzene rings is 1. The number of nitrogens with zero attached hydrogens (tertiary/aromatic N) is 4. The Hall–Kier alpha value is -3.09. The number of carbonyl (C=O) groups excluding carboxylic acids is 1. The monoisotopic (exact) mass is 351 g/mol. The summed E-state index contributed by atoms with van der Waals surface area (Å²) < 4.78 is 16.4. The Morgan fingerprint density at radius 3 is 2.88 bits per heavy atom. The van der Waals surface area contributed by atoms with E-state index in [4.69, 9.17) is 0 Å². The summed E-state index contributed by atoms with van der Waals surface area (Å²) in [5.41, 5.74) is 1.13. The zero-order chi connectivity index (χ0) is 17.9. The van der Waals surface area contributed by atoms with E-state index in [9.17, 15) is 9.18 Å². The molecule has 1 aromatic carbocycles. The lowest BCUT2D eigenvalue weighted by Gasteiger charge is -2.10. The minimum Gasteiger partial charge on any atom is -0.321 e. The van der Waals surface area contributed by atoms with Crippen molar-refractivity contribution in [3.8, 4) is 11.4 Å². The van der Waals surface area contributed by atoms with Gasteiger partial charge in [0.05, 0.1) is 5.56 Å². The Morgan fingerprint density at radius 2 is 2.04 bits per heavy atom. The van der Waals surface area contributed by atoms with E-state index in [0.29, 0.717) is 22.8 Å². The van der Waals surface area contributed by atoms with Crippen molar-refractivity contribution in [2.24, 2.45) is 0 Å². The molecule has 0 spiro atoms. The summed E-state index contributed by atoms with van der Waals surface area (Å²) >= 11 is 0. The molecule has 3 heterocycles. The highest BCUT2D eigenvalue weighted by molar-refractivity contribution is 6.03. The van der Waals surface area contributed by atoms with E-state index >= 15 is 0 Å². The van der Waals surface area contributed by atoms with E-state index < -0.39 is 0 Å². The third-order valence-corrected chi connectivity index (χ3v) is 4.47. The molecule has 1 amide bonds. The van der Waals surface area contributed by atoms with Crippen molar-refractivity contribution >= 4 is 11.6 Å². The molecule has 1 aliphatic heterocycles. The third kappa shape index (κ3) is 3.20. The number of nitrogens with one attached hydrogen (secondary N) is 1. The van der Waals surface area contributed by atoms with Crippen LogP contribution in [0.4, 0.5) is 10.1 Å². The first kappa shape index (κ1) is 16.4. The van der Waals surface area contributed by atoms with Gasteiger partial charge in [-0.15, -0.1) is 10.2 Å². The zero-order valence-corrected chi connectivity index (χ0v) is 14.2. The van der Waals surface area contributed by atoms with E-state index in [1.165, 1.54) is 12.1 Å². The van der Waals surface area contributed by atoms with Crippen LogP contribution in [0.3, 0.4) is 0 Å². The fourth-order valence-corrected chi connectivity index (χ4v) is 3.15. The number of carbonyl (C=O) groups is 1. The maximum atomic E-state index is 14.5. The summed E-state index contributed by atoms with van der Waals surface area (Å²) in [6, 6.07) is 9.56. The van der Waals surface area contributed by atoms with Crippen LogP contribution in [0.1, 0.15) is 35.6 Å². The molecule has 0 unspecified atom stereocenters. The molecule has 0 bridgehead atoms. The molecule has 3 aromatic rings.